The van der Waals surface area contributed by atoms with Crippen LogP contribution in [0.4, 0.5) is 0 Å². The number of ether oxygens (including phenoxy) is 1. The van der Waals surface area contributed by atoms with E-state index >= 15 is 0 Å². The van der Waals surface area contributed by atoms with Gasteiger partial charge in [0.25, 0.3) is 0 Å². The Kier molecular flexibility index (Phi) is 6.03. The van der Waals surface area contributed by atoms with E-state index in [1.165, 1.54) is 0 Å². The van der Waals surface area contributed by atoms with E-state index in [1.807, 2.05) is 24.3 Å². The second kappa shape index (κ2) is 7.80. The number of alkyl halides is 2. The molecule has 0 aliphatic heterocycles. The van der Waals surface area contributed by atoms with Crippen molar-refractivity contribution in [1.29, 1.82) is 0 Å². The number of esters is 1. The maximum absolute atomic E-state index is 12.4. The first kappa shape index (κ1) is 17.8. The number of Topliss-reactive ketones (excluding diaryl/α,β-unsaturated/α-hetero) is 1. The van der Waals surface area contributed by atoms with Crippen LogP contribution in [0.2, 0.25) is 0 Å². The number of carbonyl (C=O) groups is 2. The van der Waals surface area contributed by atoms with Crippen molar-refractivity contribution in [3.63, 3.8) is 0 Å². The first-order chi connectivity index (χ1) is 10.9. The topological polar surface area (TPSA) is 43.4 Å². The van der Waals surface area contributed by atoms with Crippen LogP contribution in [0.25, 0.3) is 5.57 Å². The maximum Gasteiger partial charge on any atom is 0.309 e. The average molecular weight is 352 g/mol. The Hall–Kier alpha value is -1.58. The minimum atomic E-state index is -1.83. The third-order valence-electron chi connectivity index (χ3n) is 3.37. The molecular weight excluding hydrogens is 335 g/mol. The lowest BCUT2D eigenvalue weighted by molar-refractivity contribution is -0.143. The van der Waals surface area contributed by atoms with Crippen LogP contribution in [0.3, 0.4) is 0 Å². The molecule has 0 saturated heterocycles. The Morgan fingerprint density at radius 2 is 1.91 bits per heavy atom. The van der Waals surface area contributed by atoms with Crippen LogP contribution in [0.1, 0.15) is 35.7 Å². The molecule has 3 nitrogen and oxygen atoms in total. The van der Waals surface area contributed by atoms with Crippen molar-refractivity contribution in [1.82, 2.24) is 0 Å². The molecule has 121 valence electrons. The van der Waals surface area contributed by atoms with Crippen LogP contribution in [-0.4, -0.2) is 22.7 Å². The molecule has 0 saturated carbocycles. The quantitative estimate of drug-likeness (QED) is 0.429. The summed E-state index contributed by atoms with van der Waals surface area (Å²) in [5.74, 6) is -1.11. The summed E-state index contributed by atoms with van der Waals surface area (Å²) in [5, 5.41) is 0. The normalized spacial score (nSPS) is 14.3. The van der Waals surface area contributed by atoms with E-state index in [1.54, 1.807) is 19.1 Å². The number of carbonyl (C=O) groups excluding carboxylic acids is 2. The molecule has 1 radical (unpaired) electrons. The third kappa shape index (κ3) is 4.69. The Morgan fingerprint density at radius 1 is 1.22 bits per heavy atom. The van der Waals surface area contributed by atoms with Gasteiger partial charge in [0.05, 0.1) is 13.0 Å². The average Bonchev–Trinajstić information content (AvgIpc) is 2.55. The molecule has 1 aliphatic carbocycles. The van der Waals surface area contributed by atoms with Crippen molar-refractivity contribution in [2.45, 2.75) is 24.1 Å². The fourth-order valence-electron chi connectivity index (χ4n) is 2.23. The van der Waals surface area contributed by atoms with E-state index < -0.39 is 16.1 Å². The Morgan fingerprint density at radius 3 is 2.48 bits per heavy atom. The van der Waals surface area contributed by atoms with E-state index in [0.717, 1.165) is 17.6 Å². The van der Waals surface area contributed by atoms with Gasteiger partial charge in [0, 0.05) is 5.56 Å². The predicted octanol–water partition coefficient (Wildman–Crippen LogP) is 4.54. The van der Waals surface area contributed by atoms with E-state index in [0.29, 0.717) is 5.56 Å². The number of benzene rings is 1. The Balaban J connectivity index is 2.11. The smallest absolute Gasteiger partial charge is 0.309 e. The minimum Gasteiger partial charge on any atom is -0.466 e. The van der Waals surface area contributed by atoms with Gasteiger partial charge in [0.2, 0.25) is 0 Å². The van der Waals surface area contributed by atoms with Crippen molar-refractivity contribution in [2.24, 2.45) is 0 Å². The molecule has 1 aliphatic rings. The summed E-state index contributed by atoms with van der Waals surface area (Å²) in [4.78, 5) is 23.9. The van der Waals surface area contributed by atoms with Gasteiger partial charge in [0.1, 0.15) is 0 Å². The molecule has 0 fully saturated rings. The summed E-state index contributed by atoms with van der Waals surface area (Å²) >= 11 is 12.1. The number of rotatable bonds is 6. The van der Waals surface area contributed by atoms with Crippen molar-refractivity contribution < 1.29 is 14.3 Å². The minimum absolute atomic E-state index is 0.214. The number of ketones is 1. The number of allylic oxidation sites excluding steroid dienone is 4. The van der Waals surface area contributed by atoms with E-state index in [-0.39, 0.29) is 13.0 Å². The van der Waals surface area contributed by atoms with Gasteiger partial charge in [-0.05, 0) is 30.9 Å². The van der Waals surface area contributed by atoms with Crippen molar-refractivity contribution >= 4 is 40.5 Å². The van der Waals surface area contributed by atoms with Crippen molar-refractivity contribution in [2.75, 3.05) is 6.61 Å². The summed E-state index contributed by atoms with van der Waals surface area (Å²) in [7, 11) is 0. The highest BCUT2D eigenvalue weighted by Crippen LogP contribution is 2.31. The molecule has 0 N–H and O–H groups in total. The molecule has 0 amide bonds. The summed E-state index contributed by atoms with van der Waals surface area (Å²) in [5.41, 5.74) is 2.46. The lowest BCUT2D eigenvalue weighted by atomic mass is 9.95. The third-order valence-corrected chi connectivity index (χ3v) is 3.98. The molecule has 0 bridgehead atoms. The molecule has 0 heterocycles. The first-order valence-electron chi connectivity index (χ1n) is 7.33. The lowest BCUT2D eigenvalue weighted by Crippen LogP contribution is -2.30. The van der Waals surface area contributed by atoms with Crippen LogP contribution >= 0.6 is 23.2 Å². The second-order valence-corrected chi connectivity index (χ2v) is 6.57. The summed E-state index contributed by atoms with van der Waals surface area (Å²) in [6.45, 7) is 1.89. The van der Waals surface area contributed by atoms with Gasteiger partial charge < -0.3 is 4.74 Å². The van der Waals surface area contributed by atoms with Gasteiger partial charge in [-0.15, -0.1) is 0 Å². The standard InChI is InChI=1S/C18H17Cl2O3/c1-2-23-16(21)12-18(19,20)17(22)15-10-8-14(9-11-15)13-6-4-3-5-7-13/h3-4,6-11H,2,5,12H2,1H3. The van der Waals surface area contributed by atoms with Crippen LogP contribution in [0.5, 0.6) is 0 Å². The van der Waals surface area contributed by atoms with Crippen LogP contribution in [0, 0.1) is 6.42 Å². The molecule has 0 unspecified atom stereocenters. The van der Waals surface area contributed by atoms with Crippen molar-refractivity contribution in [3.8, 4) is 0 Å². The summed E-state index contributed by atoms with van der Waals surface area (Å²) in [6.07, 6.45) is 8.68. The lowest BCUT2D eigenvalue weighted by Gasteiger charge is -2.17. The van der Waals surface area contributed by atoms with Gasteiger partial charge >= 0.3 is 5.97 Å². The molecule has 2 rings (SSSR count). The molecule has 0 spiro atoms. The van der Waals surface area contributed by atoms with Gasteiger partial charge in [-0.25, -0.2) is 0 Å². The Bertz CT molecular complexity index is 643. The fourth-order valence-corrected chi connectivity index (χ4v) is 2.66. The van der Waals surface area contributed by atoms with Gasteiger partial charge in [-0.3, -0.25) is 9.59 Å². The summed E-state index contributed by atoms with van der Waals surface area (Å²) in [6, 6.07) is 7.00. The van der Waals surface area contributed by atoms with Crippen LogP contribution in [-0.2, 0) is 9.53 Å². The van der Waals surface area contributed by atoms with Gasteiger partial charge in [0.15, 0.2) is 10.1 Å². The maximum atomic E-state index is 12.4. The molecule has 1 aromatic rings. The number of hydrogen-bond acceptors (Lipinski definition) is 3. The van der Waals surface area contributed by atoms with Crippen molar-refractivity contribution in [3.05, 3.63) is 60.0 Å². The SMILES string of the molecule is CCOC(=O)CC(Cl)(Cl)C(=O)c1ccc(C2=CC=CC[CH]2)cc1. The number of halogens is 2. The Labute approximate surface area is 145 Å². The summed E-state index contributed by atoms with van der Waals surface area (Å²) < 4.78 is 2.96. The zero-order valence-electron chi connectivity index (χ0n) is 12.7. The van der Waals surface area contributed by atoms with Crippen LogP contribution < -0.4 is 0 Å². The molecule has 0 atom stereocenters. The fraction of sp³-hybridized carbons (Fsp3) is 0.278. The predicted molar refractivity (Wildman–Crippen MR) is 92.5 cm³/mol. The number of hydrogen-bond donors (Lipinski definition) is 0. The molecule has 0 aromatic heterocycles. The largest absolute Gasteiger partial charge is 0.466 e. The van der Waals surface area contributed by atoms with E-state index in [2.05, 4.69) is 12.5 Å². The highest BCUT2D eigenvalue weighted by atomic mass is 35.5. The van der Waals surface area contributed by atoms with E-state index in [9.17, 15) is 9.59 Å². The van der Waals surface area contributed by atoms with Crippen LogP contribution in [0.15, 0.2) is 42.5 Å². The molecular formula is C18H17Cl2O3. The van der Waals surface area contributed by atoms with Gasteiger partial charge in [-0.2, -0.15) is 0 Å². The van der Waals surface area contributed by atoms with E-state index in [4.69, 9.17) is 27.9 Å². The molecule has 5 heteroatoms. The zero-order chi connectivity index (χ0) is 16.9. The highest BCUT2D eigenvalue weighted by Gasteiger charge is 2.37. The monoisotopic (exact) mass is 351 g/mol. The molecule has 1 aromatic carbocycles. The second-order valence-electron chi connectivity index (χ2n) is 5.08. The highest BCUT2D eigenvalue weighted by molar-refractivity contribution is 6.60. The first-order valence-corrected chi connectivity index (χ1v) is 8.08. The molecule has 23 heavy (non-hydrogen) atoms. The zero-order valence-corrected chi connectivity index (χ0v) is 14.2. The van der Waals surface area contributed by atoms with Gasteiger partial charge in [-0.1, -0.05) is 65.7 Å².